The molecule has 3 rings (SSSR count). The minimum atomic E-state index is 0.278. The van der Waals surface area contributed by atoms with Gasteiger partial charge in [0.05, 0.1) is 5.39 Å². The number of methoxy groups -OCH3 is 1. The Balaban J connectivity index is 1.64. The highest BCUT2D eigenvalue weighted by Gasteiger charge is 2.10. The number of anilines is 2. The van der Waals surface area contributed by atoms with Crippen LogP contribution in [-0.2, 0) is 16.1 Å². The molecule has 6 heteroatoms. The molecule has 0 aliphatic rings. The number of aryl methyl sites for hydroxylation is 2. The van der Waals surface area contributed by atoms with Crippen molar-refractivity contribution < 1.29 is 9.53 Å². The van der Waals surface area contributed by atoms with Gasteiger partial charge in [-0.1, -0.05) is 17.7 Å². The number of unbranched alkanes of at least 4 members (excludes halogenated alkanes) is 1. The smallest absolute Gasteiger partial charge is 0.145 e. The van der Waals surface area contributed by atoms with Crippen LogP contribution in [0.1, 0.15) is 31.2 Å². The third-order valence-electron chi connectivity index (χ3n) is 4.56. The number of rotatable bonds is 10. The van der Waals surface area contributed by atoms with E-state index in [1.165, 1.54) is 5.56 Å². The van der Waals surface area contributed by atoms with E-state index in [4.69, 9.17) is 4.74 Å². The topological polar surface area (TPSA) is 69.0 Å². The second-order valence-corrected chi connectivity index (χ2v) is 6.70. The first-order chi connectivity index (χ1) is 13.2. The lowest BCUT2D eigenvalue weighted by Crippen LogP contribution is -2.06. The molecule has 1 aromatic carbocycles. The Bertz CT molecular complexity index is 887. The van der Waals surface area contributed by atoms with Crippen LogP contribution >= 0.6 is 0 Å². The van der Waals surface area contributed by atoms with Gasteiger partial charge in [0, 0.05) is 45.0 Å². The van der Waals surface area contributed by atoms with E-state index < -0.39 is 0 Å². The predicted molar refractivity (Wildman–Crippen MR) is 107 cm³/mol. The lowest BCUT2D eigenvalue weighted by Gasteiger charge is -2.08. The third kappa shape index (κ3) is 5.14. The van der Waals surface area contributed by atoms with Gasteiger partial charge < -0.3 is 14.6 Å². The molecule has 0 saturated heterocycles. The molecule has 0 spiro atoms. The molecule has 0 amide bonds. The minimum Gasteiger partial charge on any atom is -0.385 e. The molecule has 2 heterocycles. The number of benzene rings is 1. The summed E-state index contributed by atoms with van der Waals surface area (Å²) < 4.78 is 7.03. The second-order valence-electron chi connectivity index (χ2n) is 6.70. The van der Waals surface area contributed by atoms with Gasteiger partial charge in [-0.15, -0.1) is 0 Å². The van der Waals surface area contributed by atoms with Crippen molar-refractivity contribution in [2.24, 2.45) is 0 Å². The Hall–Kier alpha value is -2.73. The number of nitrogens with one attached hydrogen (secondary N) is 1. The first-order valence-electron chi connectivity index (χ1n) is 9.31. The third-order valence-corrected chi connectivity index (χ3v) is 4.56. The van der Waals surface area contributed by atoms with Crippen molar-refractivity contribution >= 4 is 28.3 Å². The standard InChI is InChI=1S/C21H26N4O2/c1-16-6-8-17(9-7-16)24-20-19-11-13-25(21(19)23-15-22-20)12-10-18(26)5-3-4-14-27-2/h6-9,11,13,15H,3-5,10,12,14H2,1-2H3,(H,22,23,24). The molecule has 1 N–H and O–H groups in total. The fourth-order valence-electron chi connectivity index (χ4n) is 3.00. The van der Waals surface area contributed by atoms with Gasteiger partial charge in [-0.3, -0.25) is 4.79 Å². The van der Waals surface area contributed by atoms with E-state index in [1.54, 1.807) is 13.4 Å². The van der Waals surface area contributed by atoms with Crippen LogP contribution in [0.15, 0.2) is 42.9 Å². The van der Waals surface area contributed by atoms with Crippen LogP contribution in [0.25, 0.3) is 11.0 Å². The quantitative estimate of drug-likeness (QED) is 0.543. The van der Waals surface area contributed by atoms with Crippen molar-refractivity contribution in [2.75, 3.05) is 19.0 Å². The summed E-state index contributed by atoms with van der Waals surface area (Å²) in [5, 5.41) is 4.30. The van der Waals surface area contributed by atoms with Crippen LogP contribution in [-0.4, -0.2) is 34.0 Å². The van der Waals surface area contributed by atoms with Crippen LogP contribution in [0, 0.1) is 6.92 Å². The van der Waals surface area contributed by atoms with Crippen LogP contribution in [0.5, 0.6) is 0 Å². The zero-order chi connectivity index (χ0) is 19.1. The average molecular weight is 366 g/mol. The van der Waals surface area contributed by atoms with Gasteiger partial charge in [-0.2, -0.15) is 0 Å². The molecule has 0 saturated carbocycles. The van der Waals surface area contributed by atoms with Crippen molar-refractivity contribution in [2.45, 2.75) is 39.2 Å². The number of carbonyl (C=O) groups excluding carboxylic acids is 1. The van der Waals surface area contributed by atoms with Crippen LogP contribution < -0.4 is 5.32 Å². The van der Waals surface area contributed by atoms with Gasteiger partial charge in [0.1, 0.15) is 23.6 Å². The zero-order valence-electron chi connectivity index (χ0n) is 15.9. The van der Waals surface area contributed by atoms with E-state index in [0.29, 0.717) is 26.0 Å². The maximum atomic E-state index is 12.1. The maximum absolute atomic E-state index is 12.1. The molecule has 142 valence electrons. The maximum Gasteiger partial charge on any atom is 0.145 e. The summed E-state index contributed by atoms with van der Waals surface area (Å²) in [6.45, 7) is 3.41. The number of aromatic nitrogens is 3. The second kappa shape index (κ2) is 9.28. The predicted octanol–water partition coefficient (Wildman–Crippen LogP) is 4.26. The summed E-state index contributed by atoms with van der Waals surface area (Å²) >= 11 is 0. The van der Waals surface area contributed by atoms with Crippen molar-refractivity contribution in [1.29, 1.82) is 0 Å². The van der Waals surface area contributed by atoms with E-state index in [2.05, 4.69) is 34.3 Å². The molecule has 0 fully saturated rings. The minimum absolute atomic E-state index is 0.278. The molecule has 3 aromatic rings. The zero-order valence-corrected chi connectivity index (χ0v) is 15.9. The number of carbonyl (C=O) groups is 1. The molecule has 0 aliphatic carbocycles. The number of Topliss-reactive ketones (excluding diaryl/α,β-unsaturated/α-hetero) is 1. The molecule has 27 heavy (non-hydrogen) atoms. The van der Waals surface area contributed by atoms with E-state index in [9.17, 15) is 4.79 Å². The molecule has 0 radical (unpaired) electrons. The van der Waals surface area contributed by atoms with E-state index in [-0.39, 0.29) is 5.78 Å². The fraction of sp³-hybridized carbons (Fsp3) is 0.381. The van der Waals surface area contributed by atoms with Gasteiger partial charge >= 0.3 is 0 Å². The highest BCUT2D eigenvalue weighted by molar-refractivity contribution is 5.89. The molecular formula is C21H26N4O2. The summed E-state index contributed by atoms with van der Waals surface area (Å²) in [6.07, 6.45) is 6.46. The number of fused-ring (bicyclic) bond motifs is 1. The number of hydrogen-bond acceptors (Lipinski definition) is 5. The van der Waals surface area contributed by atoms with Crippen molar-refractivity contribution in [3.63, 3.8) is 0 Å². The first kappa shape index (κ1) is 19.0. The fourth-order valence-corrected chi connectivity index (χ4v) is 3.00. The lowest BCUT2D eigenvalue weighted by molar-refractivity contribution is -0.119. The monoisotopic (exact) mass is 366 g/mol. The van der Waals surface area contributed by atoms with Crippen LogP contribution in [0.3, 0.4) is 0 Å². The molecule has 0 aliphatic heterocycles. The molecular weight excluding hydrogens is 340 g/mol. The Morgan fingerprint density at radius 2 is 1.93 bits per heavy atom. The SMILES string of the molecule is COCCCCC(=O)CCn1ccc2c(Nc3ccc(C)cc3)ncnc21. The van der Waals surface area contributed by atoms with E-state index >= 15 is 0 Å². The summed E-state index contributed by atoms with van der Waals surface area (Å²) in [5.74, 6) is 1.05. The van der Waals surface area contributed by atoms with E-state index in [1.807, 2.05) is 29.0 Å². The van der Waals surface area contributed by atoms with Gasteiger partial charge in [0.15, 0.2) is 0 Å². The molecule has 0 unspecified atom stereocenters. The number of ether oxygens (including phenoxy) is 1. The normalized spacial score (nSPS) is 11.0. The highest BCUT2D eigenvalue weighted by Crippen LogP contribution is 2.24. The Labute approximate surface area is 159 Å². The Morgan fingerprint density at radius 1 is 1.11 bits per heavy atom. The molecule has 6 nitrogen and oxygen atoms in total. The van der Waals surface area contributed by atoms with Crippen LogP contribution in [0.2, 0.25) is 0 Å². The van der Waals surface area contributed by atoms with Crippen LogP contribution in [0.4, 0.5) is 11.5 Å². The van der Waals surface area contributed by atoms with Crippen molar-refractivity contribution in [3.8, 4) is 0 Å². The van der Waals surface area contributed by atoms with Gasteiger partial charge in [0.25, 0.3) is 0 Å². The Morgan fingerprint density at radius 3 is 2.70 bits per heavy atom. The van der Waals surface area contributed by atoms with Gasteiger partial charge in [-0.25, -0.2) is 9.97 Å². The summed E-state index contributed by atoms with van der Waals surface area (Å²) in [6, 6.07) is 10.2. The molecule has 2 aromatic heterocycles. The summed E-state index contributed by atoms with van der Waals surface area (Å²) in [5.41, 5.74) is 3.04. The molecule has 0 bridgehead atoms. The summed E-state index contributed by atoms with van der Waals surface area (Å²) in [7, 11) is 1.68. The van der Waals surface area contributed by atoms with E-state index in [0.717, 1.165) is 35.4 Å². The Kier molecular flexibility index (Phi) is 6.54. The van der Waals surface area contributed by atoms with Crippen molar-refractivity contribution in [3.05, 3.63) is 48.4 Å². The number of ketones is 1. The first-order valence-corrected chi connectivity index (χ1v) is 9.31. The van der Waals surface area contributed by atoms with Gasteiger partial charge in [-0.05, 0) is 38.0 Å². The highest BCUT2D eigenvalue weighted by atomic mass is 16.5. The largest absolute Gasteiger partial charge is 0.385 e. The van der Waals surface area contributed by atoms with Crippen molar-refractivity contribution in [1.82, 2.24) is 14.5 Å². The molecule has 0 atom stereocenters. The summed E-state index contributed by atoms with van der Waals surface area (Å²) in [4.78, 5) is 20.9. The average Bonchev–Trinajstić information content (AvgIpc) is 3.10. The van der Waals surface area contributed by atoms with Gasteiger partial charge in [0.2, 0.25) is 0 Å². The lowest BCUT2D eigenvalue weighted by atomic mass is 10.1. The number of hydrogen-bond donors (Lipinski definition) is 1. The number of nitrogens with zero attached hydrogens (tertiary/aromatic N) is 3.